The molecule has 0 heterocycles. The molecular formula is C22H38N2O8. The highest BCUT2D eigenvalue weighted by atomic mass is 16.6. The number of ether oxygens (including phenoxy) is 4. The van der Waals surface area contributed by atoms with E-state index >= 15 is 0 Å². The molecule has 0 aromatic heterocycles. The lowest BCUT2D eigenvalue weighted by Crippen LogP contribution is -2.44. The van der Waals surface area contributed by atoms with Crippen LogP contribution in [-0.4, -0.2) is 64.6 Å². The highest BCUT2D eigenvalue weighted by Crippen LogP contribution is 2.49. The first-order valence-electron chi connectivity index (χ1n) is 10.9. The summed E-state index contributed by atoms with van der Waals surface area (Å²) in [6.45, 7) is 7.28. The van der Waals surface area contributed by atoms with Gasteiger partial charge in [0.2, 0.25) is 0 Å². The van der Waals surface area contributed by atoms with Crippen molar-refractivity contribution in [1.29, 1.82) is 0 Å². The molecule has 2 atom stereocenters. The maximum absolute atomic E-state index is 12.2. The minimum Gasteiger partial charge on any atom is -0.469 e. The van der Waals surface area contributed by atoms with Gasteiger partial charge in [-0.1, -0.05) is 20.8 Å². The second-order valence-electron chi connectivity index (χ2n) is 9.44. The molecule has 1 aliphatic carbocycles. The molecule has 184 valence electrons. The topological polar surface area (TPSA) is 129 Å². The number of alkyl carbamates (subject to hydrolysis) is 2. The van der Waals surface area contributed by atoms with Gasteiger partial charge in [-0.2, -0.15) is 0 Å². The fourth-order valence-corrected chi connectivity index (χ4v) is 4.63. The molecule has 32 heavy (non-hydrogen) atoms. The summed E-state index contributed by atoms with van der Waals surface area (Å²) in [5.74, 6) is -0.516. The van der Waals surface area contributed by atoms with Crippen molar-refractivity contribution in [2.24, 2.45) is 16.7 Å². The van der Waals surface area contributed by atoms with E-state index in [0.717, 1.165) is 19.3 Å². The van der Waals surface area contributed by atoms with Gasteiger partial charge >= 0.3 is 24.1 Å². The van der Waals surface area contributed by atoms with Gasteiger partial charge in [0.1, 0.15) is 6.61 Å². The third-order valence-electron chi connectivity index (χ3n) is 5.45. The van der Waals surface area contributed by atoms with Gasteiger partial charge in [-0.25, -0.2) is 9.59 Å². The number of methoxy groups -OCH3 is 2. The lowest BCUT2D eigenvalue weighted by molar-refractivity contribution is -0.145. The summed E-state index contributed by atoms with van der Waals surface area (Å²) in [7, 11) is 2.58. The van der Waals surface area contributed by atoms with Crippen molar-refractivity contribution in [3.8, 4) is 0 Å². The second-order valence-corrected chi connectivity index (χ2v) is 9.44. The van der Waals surface area contributed by atoms with E-state index in [4.69, 9.17) is 9.47 Å². The predicted molar refractivity (Wildman–Crippen MR) is 116 cm³/mol. The van der Waals surface area contributed by atoms with Gasteiger partial charge < -0.3 is 29.6 Å². The van der Waals surface area contributed by atoms with Crippen molar-refractivity contribution >= 4 is 24.1 Å². The van der Waals surface area contributed by atoms with E-state index in [-0.39, 0.29) is 61.3 Å². The summed E-state index contributed by atoms with van der Waals surface area (Å²) >= 11 is 0. The molecule has 0 aromatic rings. The molecule has 0 bridgehead atoms. The minimum absolute atomic E-state index is 0.0104. The van der Waals surface area contributed by atoms with E-state index in [9.17, 15) is 19.2 Å². The molecular weight excluding hydrogens is 420 g/mol. The van der Waals surface area contributed by atoms with Gasteiger partial charge in [0.25, 0.3) is 0 Å². The van der Waals surface area contributed by atoms with E-state index in [1.54, 1.807) is 0 Å². The summed E-state index contributed by atoms with van der Waals surface area (Å²) in [5, 5.41) is 5.28. The first kappa shape index (κ1) is 27.5. The van der Waals surface area contributed by atoms with E-state index in [0.29, 0.717) is 13.0 Å². The van der Waals surface area contributed by atoms with Crippen LogP contribution in [0.1, 0.15) is 59.3 Å². The number of nitrogens with one attached hydrogen (secondary N) is 2. The monoisotopic (exact) mass is 458 g/mol. The van der Waals surface area contributed by atoms with Crippen molar-refractivity contribution in [3.05, 3.63) is 0 Å². The van der Waals surface area contributed by atoms with E-state index in [2.05, 4.69) is 40.9 Å². The van der Waals surface area contributed by atoms with E-state index < -0.39 is 12.2 Å². The Labute approximate surface area is 190 Å². The Balaban J connectivity index is 2.44. The SMILES string of the molecule is COC(=O)CCCOC(=O)NCC1(C)CC(CC(=O)OCCNC(=O)OC)CC(C)(C)C1. The van der Waals surface area contributed by atoms with Crippen LogP contribution >= 0.6 is 0 Å². The molecule has 1 saturated carbocycles. The molecule has 0 radical (unpaired) electrons. The Hall–Kier alpha value is -2.52. The highest BCUT2D eigenvalue weighted by Gasteiger charge is 2.42. The average Bonchev–Trinajstić information content (AvgIpc) is 2.71. The van der Waals surface area contributed by atoms with Crippen LogP contribution in [-0.2, 0) is 28.5 Å². The van der Waals surface area contributed by atoms with Crippen molar-refractivity contribution < 1.29 is 38.1 Å². The number of esters is 2. The van der Waals surface area contributed by atoms with Gasteiger partial charge in [-0.3, -0.25) is 9.59 Å². The zero-order valence-corrected chi connectivity index (χ0v) is 19.9. The molecule has 0 saturated heterocycles. The molecule has 1 fully saturated rings. The van der Waals surface area contributed by atoms with Gasteiger partial charge in [0, 0.05) is 19.4 Å². The van der Waals surface area contributed by atoms with Gasteiger partial charge in [-0.05, 0) is 42.4 Å². The lowest BCUT2D eigenvalue weighted by atomic mass is 9.60. The van der Waals surface area contributed by atoms with Crippen LogP contribution in [0.5, 0.6) is 0 Å². The molecule has 10 nitrogen and oxygen atoms in total. The maximum Gasteiger partial charge on any atom is 0.407 e. The molecule has 0 spiro atoms. The number of rotatable bonds is 11. The van der Waals surface area contributed by atoms with Crippen LogP contribution in [0.2, 0.25) is 0 Å². The largest absolute Gasteiger partial charge is 0.469 e. The van der Waals surface area contributed by atoms with Crippen LogP contribution in [0.15, 0.2) is 0 Å². The van der Waals surface area contributed by atoms with Crippen molar-refractivity contribution in [2.45, 2.75) is 59.3 Å². The Morgan fingerprint density at radius 2 is 1.59 bits per heavy atom. The summed E-state index contributed by atoms with van der Waals surface area (Å²) in [6, 6.07) is 0. The molecule has 2 N–H and O–H groups in total. The molecule has 1 aliphatic rings. The maximum atomic E-state index is 12.2. The summed E-state index contributed by atoms with van der Waals surface area (Å²) in [5.41, 5.74) is -0.180. The Kier molecular flexibility index (Phi) is 11.3. The van der Waals surface area contributed by atoms with Crippen LogP contribution in [0.3, 0.4) is 0 Å². The van der Waals surface area contributed by atoms with Crippen LogP contribution in [0, 0.1) is 16.7 Å². The highest BCUT2D eigenvalue weighted by molar-refractivity contribution is 5.70. The molecule has 0 aromatic carbocycles. The van der Waals surface area contributed by atoms with Gasteiger partial charge in [0.15, 0.2) is 0 Å². The Morgan fingerprint density at radius 1 is 0.875 bits per heavy atom. The third-order valence-corrected chi connectivity index (χ3v) is 5.45. The van der Waals surface area contributed by atoms with Gasteiger partial charge in [-0.15, -0.1) is 0 Å². The first-order valence-corrected chi connectivity index (χ1v) is 10.9. The smallest absolute Gasteiger partial charge is 0.407 e. The zero-order chi connectivity index (χ0) is 24.2. The fourth-order valence-electron chi connectivity index (χ4n) is 4.63. The van der Waals surface area contributed by atoms with Crippen molar-refractivity contribution in [1.82, 2.24) is 10.6 Å². The van der Waals surface area contributed by atoms with Gasteiger partial charge in [0.05, 0.1) is 27.4 Å². The minimum atomic E-state index is -0.569. The summed E-state index contributed by atoms with van der Waals surface area (Å²) < 4.78 is 19.4. The standard InChI is InChI=1S/C22H38N2O8/c1-21(2)12-16(11-18(26)31-10-8-23-19(27)30-5)13-22(3,14-21)15-24-20(28)32-9-6-7-17(25)29-4/h16H,6-15H2,1-5H3,(H,23,27)(H,24,28). The molecule has 1 rings (SSSR count). The van der Waals surface area contributed by atoms with Crippen LogP contribution in [0.25, 0.3) is 0 Å². The molecule has 2 amide bonds. The molecule has 2 unspecified atom stereocenters. The number of carbonyl (C=O) groups is 4. The second kappa shape index (κ2) is 13.1. The number of carbonyl (C=O) groups excluding carboxylic acids is 4. The lowest BCUT2D eigenvalue weighted by Gasteiger charge is -2.46. The molecule has 0 aliphatic heterocycles. The van der Waals surface area contributed by atoms with Crippen molar-refractivity contribution in [2.75, 3.05) is 40.5 Å². The number of hydrogen-bond acceptors (Lipinski definition) is 8. The number of amides is 2. The third kappa shape index (κ3) is 11.2. The number of hydrogen-bond donors (Lipinski definition) is 2. The van der Waals surface area contributed by atoms with Crippen LogP contribution in [0.4, 0.5) is 9.59 Å². The van der Waals surface area contributed by atoms with Crippen molar-refractivity contribution in [3.63, 3.8) is 0 Å². The normalized spacial score (nSPS) is 21.7. The summed E-state index contributed by atoms with van der Waals surface area (Å²) in [6.07, 6.45) is 2.36. The van der Waals surface area contributed by atoms with E-state index in [1.807, 2.05) is 0 Å². The predicted octanol–water partition coefficient (Wildman–Crippen LogP) is 2.79. The Morgan fingerprint density at radius 3 is 2.25 bits per heavy atom. The first-order chi connectivity index (χ1) is 15.0. The fraction of sp³-hybridized carbons (Fsp3) is 0.818. The zero-order valence-electron chi connectivity index (χ0n) is 19.9. The van der Waals surface area contributed by atoms with Crippen LogP contribution < -0.4 is 10.6 Å². The van der Waals surface area contributed by atoms with E-state index in [1.165, 1.54) is 14.2 Å². The quantitative estimate of drug-likeness (QED) is 0.275. The Bertz CT molecular complexity index is 652. The molecule has 10 heteroatoms. The summed E-state index contributed by atoms with van der Waals surface area (Å²) in [4.78, 5) is 46.3. The average molecular weight is 459 g/mol.